The monoisotopic (exact) mass is 383 g/mol. The van der Waals surface area contributed by atoms with Crippen molar-refractivity contribution in [2.75, 3.05) is 37.6 Å². The van der Waals surface area contributed by atoms with Gasteiger partial charge in [0.05, 0.1) is 5.69 Å². The maximum Gasteiger partial charge on any atom is 0.317 e. The Labute approximate surface area is 163 Å². The number of anilines is 1. The summed E-state index contributed by atoms with van der Waals surface area (Å²) in [5, 5.41) is 3.74. The van der Waals surface area contributed by atoms with Crippen LogP contribution in [-0.2, 0) is 6.42 Å². The van der Waals surface area contributed by atoms with E-state index in [-0.39, 0.29) is 6.03 Å². The second-order valence-corrected chi connectivity index (χ2v) is 7.07. The molecule has 0 saturated carbocycles. The molecule has 0 aliphatic carbocycles. The normalized spacial score (nSPS) is 14.6. The number of carbonyl (C=O) groups is 1. The van der Waals surface area contributed by atoms with E-state index in [2.05, 4.69) is 21.3 Å². The smallest absolute Gasteiger partial charge is 0.317 e. The first-order valence-electron chi connectivity index (χ1n) is 9.15. The van der Waals surface area contributed by atoms with Gasteiger partial charge in [0.2, 0.25) is 0 Å². The number of urea groups is 1. The molecule has 7 heteroatoms. The van der Waals surface area contributed by atoms with Crippen molar-refractivity contribution in [3.8, 4) is 0 Å². The molecule has 27 heavy (non-hydrogen) atoms. The third-order valence-corrected chi connectivity index (χ3v) is 5.05. The molecule has 0 atom stereocenters. The maximum atomic E-state index is 12.4. The van der Waals surface area contributed by atoms with Crippen LogP contribution in [0, 0.1) is 0 Å². The molecule has 0 bridgehead atoms. The Morgan fingerprint density at radius 2 is 1.96 bits per heavy atom. The molecule has 2 amide bonds. The van der Waals surface area contributed by atoms with Gasteiger partial charge in [-0.3, -0.25) is 0 Å². The van der Waals surface area contributed by atoms with E-state index in [9.17, 15) is 4.79 Å². The molecule has 140 valence electrons. The second-order valence-electron chi connectivity index (χ2n) is 6.63. The topological polar surface area (TPSA) is 52.9 Å². The lowest BCUT2D eigenvalue weighted by molar-refractivity contribution is 0.194. The second kappa shape index (κ2) is 7.88. The number of carbonyl (C=O) groups excluding carboxylic acids is 1. The highest BCUT2D eigenvalue weighted by atomic mass is 35.5. The number of amides is 2. The molecule has 6 nitrogen and oxygen atoms in total. The van der Waals surface area contributed by atoms with Gasteiger partial charge >= 0.3 is 6.03 Å². The van der Waals surface area contributed by atoms with Gasteiger partial charge < -0.3 is 19.5 Å². The van der Waals surface area contributed by atoms with E-state index in [1.807, 2.05) is 58.1 Å². The Balaban J connectivity index is 1.24. The van der Waals surface area contributed by atoms with Gasteiger partial charge in [0.15, 0.2) is 0 Å². The molecule has 3 heterocycles. The Kier molecular flexibility index (Phi) is 5.16. The average molecular weight is 384 g/mol. The first-order valence-corrected chi connectivity index (χ1v) is 9.53. The van der Waals surface area contributed by atoms with E-state index in [0.717, 1.165) is 41.6 Å². The third-order valence-electron chi connectivity index (χ3n) is 4.81. The van der Waals surface area contributed by atoms with Crippen LogP contribution in [0.15, 0.2) is 54.9 Å². The zero-order valence-corrected chi connectivity index (χ0v) is 15.8. The summed E-state index contributed by atoms with van der Waals surface area (Å²) < 4.78 is 1.99. The van der Waals surface area contributed by atoms with Crippen molar-refractivity contribution in [1.82, 2.24) is 19.6 Å². The molecule has 4 rings (SSSR count). The molecule has 2 aromatic heterocycles. The lowest BCUT2D eigenvalue weighted by Gasteiger charge is -2.36. The number of imidazole rings is 1. The SMILES string of the molecule is O=C(NCCc1cn2ccccc2n1)N1CCN(c2cccc(Cl)c2)CC1. The number of piperazine rings is 1. The summed E-state index contributed by atoms with van der Waals surface area (Å²) in [5.74, 6) is 0. The van der Waals surface area contributed by atoms with Gasteiger partial charge in [-0.05, 0) is 30.3 Å². The van der Waals surface area contributed by atoms with Crippen LogP contribution in [0.25, 0.3) is 5.65 Å². The predicted molar refractivity (Wildman–Crippen MR) is 108 cm³/mol. The number of fused-ring (bicyclic) bond motifs is 1. The standard InChI is InChI=1S/C20H22ClN5O/c21-16-4-3-5-18(14-16)24-10-12-25(13-11-24)20(27)22-8-7-17-15-26-9-2-1-6-19(26)23-17/h1-6,9,14-15H,7-8,10-13H2,(H,22,27). The van der Waals surface area contributed by atoms with Crippen molar-refractivity contribution >= 4 is 29.0 Å². The zero-order chi connectivity index (χ0) is 18.6. The van der Waals surface area contributed by atoms with Gasteiger partial charge in [0, 0.05) is 62.2 Å². The predicted octanol–water partition coefficient (Wildman–Crippen LogP) is 3.06. The number of halogens is 1. The van der Waals surface area contributed by atoms with E-state index in [4.69, 9.17) is 11.6 Å². The lowest BCUT2D eigenvalue weighted by Crippen LogP contribution is -2.52. The van der Waals surface area contributed by atoms with Crippen LogP contribution in [0.2, 0.25) is 5.02 Å². The van der Waals surface area contributed by atoms with Gasteiger partial charge in [0.25, 0.3) is 0 Å². The van der Waals surface area contributed by atoms with E-state index in [0.29, 0.717) is 19.6 Å². The molecule has 1 aliphatic rings. The molecule has 1 fully saturated rings. The summed E-state index contributed by atoms with van der Waals surface area (Å²) in [6.45, 7) is 3.59. The Hall–Kier alpha value is -2.73. The summed E-state index contributed by atoms with van der Waals surface area (Å²) in [6, 6.07) is 13.8. The summed E-state index contributed by atoms with van der Waals surface area (Å²) in [6.07, 6.45) is 4.70. The van der Waals surface area contributed by atoms with E-state index in [1.54, 1.807) is 0 Å². The molecular weight excluding hydrogens is 362 g/mol. The quantitative estimate of drug-likeness (QED) is 0.753. The Morgan fingerprint density at radius 1 is 1.11 bits per heavy atom. The number of rotatable bonds is 4. The van der Waals surface area contributed by atoms with Crippen molar-refractivity contribution in [3.05, 3.63) is 65.6 Å². The minimum absolute atomic E-state index is 0.00971. The number of nitrogens with zero attached hydrogens (tertiary/aromatic N) is 4. The average Bonchev–Trinajstić information content (AvgIpc) is 3.11. The van der Waals surface area contributed by atoms with E-state index in [1.165, 1.54) is 0 Å². The summed E-state index contributed by atoms with van der Waals surface area (Å²) in [4.78, 5) is 21.1. The van der Waals surface area contributed by atoms with E-state index >= 15 is 0 Å². The fraction of sp³-hybridized carbons (Fsp3) is 0.300. The minimum atomic E-state index is -0.00971. The summed E-state index contributed by atoms with van der Waals surface area (Å²) in [7, 11) is 0. The molecule has 1 aromatic carbocycles. The fourth-order valence-corrected chi connectivity index (χ4v) is 3.54. The van der Waals surface area contributed by atoms with Crippen LogP contribution in [-0.4, -0.2) is 53.0 Å². The molecule has 3 aromatic rings. The van der Waals surface area contributed by atoms with Crippen LogP contribution >= 0.6 is 11.6 Å². The van der Waals surface area contributed by atoms with Crippen molar-refractivity contribution in [2.45, 2.75) is 6.42 Å². The molecule has 0 radical (unpaired) electrons. The number of benzene rings is 1. The zero-order valence-electron chi connectivity index (χ0n) is 15.0. The van der Waals surface area contributed by atoms with Gasteiger partial charge in [-0.25, -0.2) is 9.78 Å². The van der Waals surface area contributed by atoms with Crippen LogP contribution in [0.1, 0.15) is 5.69 Å². The number of hydrogen-bond donors (Lipinski definition) is 1. The molecular formula is C20H22ClN5O. The van der Waals surface area contributed by atoms with Crippen LogP contribution in [0.4, 0.5) is 10.5 Å². The lowest BCUT2D eigenvalue weighted by atomic mass is 10.2. The van der Waals surface area contributed by atoms with Gasteiger partial charge in [-0.2, -0.15) is 0 Å². The Bertz CT molecular complexity index is 900. The molecule has 1 saturated heterocycles. The van der Waals surface area contributed by atoms with Gasteiger partial charge in [-0.1, -0.05) is 23.7 Å². The van der Waals surface area contributed by atoms with Crippen LogP contribution in [0.5, 0.6) is 0 Å². The van der Waals surface area contributed by atoms with Crippen LogP contribution < -0.4 is 10.2 Å². The number of pyridine rings is 1. The number of nitrogens with one attached hydrogen (secondary N) is 1. The van der Waals surface area contributed by atoms with Gasteiger partial charge in [0.1, 0.15) is 5.65 Å². The molecule has 1 N–H and O–H groups in total. The highest BCUT2D eigenvalue weighted by molar-refractivity contribution is 6.30. The fourth-order valence-electron chi connectivity index (χ4n) is 3.36. The van der Waals surface area contributed by atoms with Crippen molar-refractivity contribution < 1.29 is 4.79 Å². The minimum Gasteiger partial charge on any atom is -0.368 e. The molecule has 1 aliphatic heterocycles. The van der Waals surface area contributed by atoms with Gasteiger partial charge in [-0.15, -0.1) is 0 Å². The summed E-state index contributed by atoms with van der Waals surface area (Å²) >= 11 is 6.07. The van der Waals surface area contributed by atoms with Crippen molar-refractivity contribution in [3.63, 3.8) is 0 Å². The van der Waals surface area contributed by atoms with Crippen molar-refractivity contribution in [2.24, 2.45) is 0 Å². The van der Waals surface area contributed by atoms with E-state index < -0.39 is 0 Å². The Morgan fingerprint density at radius 3 is 2.74 bits per heavy atom. The number of aromatic nitrogens is 2. The largest absolute Gasteiger partial charge is 0.368 e. The third kappa shape index (κ3) is 4.17. The first kappa shape index (κ1) is 17.7. The highest BCUT2D eigenvalue weighted by Crippen LogP contribution is 2.20. The van der Waals surface area contributed by atoms with Crippen molar-refractivity contribution in [1.29, 1.82) is 0 Å². The first-order chi connectivity index (χ1) is 13.2. The summed E-state index contributed by atoms with van der Waals surface area (Å²) in [5.41, 5.74) is 3.01. The molecule has 0 unspecified atom stereocenters. The highest BCUT2D eigenvalue weighted by Gasteiger charge is 2.21. The van der Waals surface area contributed by atoms with Crippen LogP contribution in [0.3, 0.4) is 0 Å². The number of hydrogen-bond acceptors (Lipinski definition) is 3. The maximum absolute atomic E-state index is 12.4. The molecule has 0 spiro atoms.